The molecule has 18 heavy (non-hydrogen) atoms. The molecule has 0 aliphatic heterocycles. The van der Waals surface area contributed by atoms with Gasteiger partial charge in [-0.1, -0.05) is 29.5 Å². The lowest BCUT2D eigenvalue weighted by Crippen LogP contribution is -2.22. The van der Waals surface area contributed by atoms with Crippen molar-refractivity contribution < 1.29 is 5.11 Å². The average molecular weight is 243 g/mol. The fourth-order valence-electron chi connectivity index (χ4n) is 2.55. The molecule has 0 saturated heterocycles. The lowest BCUT2D eigenvalue weighted by molar-refractivity contribution is 0.288. The van der Waals surface area contributed by atoms with Crippen LogP contribution in [-0.4, -0.2) is 26.7 Å². The minimum absolute atomic E-state index is 0.211. The van der Waals surface area contributed by atoms with E-state index in [1.165, 1.54) is 11.1 Å². The minimum Gasteiger partial charge on any atom is -0.396 e. The molecule has 0 radical (unpaired) electrons. The molecule has 1 unspecified atom stereocenters. The molecule has 0 bridgehead atoms. The van der Waals surface area contributed by atoms with E-state index in [1.807, 2.05) is 10.9 Å². The lowest BCUT2D eigenvalue weighted by Gasteiger charge is -2.29. The summed E-state index contributed by atoms with van der Waals surface area (Å²) >= 11 is 0. The fraction of sp³-hybridized carbons (Fsp3) is 0.429. The maximum atomic E-state index is 8.78. The number of fused-ring (bicyclic) bond motifs is 1. The Morgan fingerprint density at radius 3 is 3.06 bits per heavy atom. The number of benzene rings is 1. The Hall–Kier alpha value is -1.68. The predicted octanol–water partition coefficient (Wildman–Crippen LogP) is 1.54. The van der Waals surface area contributed by atoms with Crippen LogP contribution in [-0.2, 0) is 19.4 Å². The summed E-state index contributed by atoms with van der Waals surface area (Å²) in [7, 11) is 0. The molecule has 0 saturated carbocycles. The fourth-order valence-corrected chi connectivity index (χ4v) is 2.55. The van der Waals surface area contributed by atoms with E-state index < -0.39 is 0 Å². The summed E-state index contributed by atoms with van der Waals surface area (Å²) in [5.74, 6) is 0.577. The van der Waals surface area contributed by atoms with Gasteiger partial charge in [0.15, 0.2) is 0 Å². The van der Waals surface area contributed by atoms with E-state index in [0.29, 0.717) is 5.92 Å². The van der Waals surface area contributed by atoms with Gasteiger partial charge in [-0.15, -0.1) is 5.10 Å². The molecule has 2 aromatic rings. The first-order chi connectivity index (χ1) is 8.86. The largest absolute Gasteiger partial charge is 0.396 e. The van der Waals surface area contributed by atoms with Gasteiger partial charge in [0.2, 0.25) is 0 Å². The minimum atomic E-state index is 0.211. The Kier molecular flexibility index (Phi) is 3.11. The molecule has 1 atom stereocenters. The third kappa shape index (κ3) is 2.16. The van der Waals surface area contributed by atoms with E-state index in [9.17, 15) is 0 Å². The van der Waals surface area contributed by atoms with Crippen molar-refractivity contribution >= 4 is 0 Å². The van der Waals surface area contributed by atoms with Gasteiger partial charge in [0, 0.05) is 25.3 Å². The molecule has 4 nitrogen and oxygen atoms in total. The summed E-state index contributed by atoms with van der Waals surface area (Å²) in [6.45, 7) is 1.12. The van der Waals surface area contributed by atoms with Crippen LogP contribution in [0.5, 0.6) is 0 Å². The topological polar surface area (TPSA) is 50.9 Å². The molecule has 0 fully saturated rings. The smallest absolute Gasteiger partial charge is 0.0828 e. The van der Waals surface area contributed by atoms with Crippen molar-refractivity contribution in [3.05, 3.63) is 47.3 Å². The van der Waals surface area contributed by atoms with Crippen molar-refractivity contribution in [2.75, 3.05) is 6.61 Å². The molecular formula is C14H17N3O. The summed E-state index contributed by atoms with van der Waals surface area (Å²) in [6, 6.07) is 8.59. The van der Waals surface area contributed by atoms with Crippen molar-refractivity contribution in [2.45, 2.75) is 31.7 Å². The zero-order chi connectivity index (χ0) is 12.4. The third-order valence-corrected chi connectivity index (χ3v) is 3.55. The van der Waals surface area contributed by atoms with Gasteiger partial charge in [-0.3, -0.25) is 4.68 Å². The predicted molar refractivity (Wildman–Crippen MR) is 68.3 cm³/mol. The standard InChI is InChI=1S/C14H17N3O/c18-7-3-5-13-10-17(16-15-13)9-12-8-11-4-1-2-6-14(11)12/h1-2,4,6,10,12,18H,3,5,7-9H2. The maximum absolute atomic E-state index is 8.78. The quantitative estimate of drug-likeness (QED) is 0.866. The van der Waals surface area contributed by atoms with Gasteiger partial charge in [-0.2, -0.15) is 0 Å². The molecule has 1 aliphatic rings. The number of aromatic nitrogens is 3. The van der Waals surface area contributed by atoms with Gasteiger partial charge in [-0.25, -0.2) is 0 Å². The monoisotopic (exact) mass is 243 g/mol. The second-order valence-corrected chi connectivity index (χ2v) is 4.86. The zero-order valence-corrected chi connectivity index (χ0v) is 10.3. The summed E-state index contributed by atoms with van der Waals surface area (Å²) in [5, 5.41) is 17.1. The van der Waals surface area contributed by atoms with Crippen LogP contribution in [0, 0.1) is 0 Å². The average Bonchev–Trinajstić information content (AvgIpc) is 2.81. The second kappa shape index (κ2) is 4.90. The SMILES string of the molecule is OCCCc1cn(CC2Cc3ccccc32)nn1. The Labute approximate surface area is 106 Å². The molecule has 3 rings (SSSR count). The maximum Gasteiger partial charge on any atom is 0.0828 e. The van der Waals surface area contributed by atoms with E-state index in [4.69, 9.17) is 5.11 Å². The van der Waals surface area contributed by atoms with Crippen LogP contribution < -0.4 is 0 Å². The highest BCUT2D eigenvalue weighted by molar-refractivity contribution is 5.39. The van der Waals surface area contributed by atoms with Gasteiger partial charge in [0.05, 0.1) is 5.69 Å². The first kappa shape index (κ1) is 11.4. The van der Waals surface area contributed by atoms with Crippen molar-refractivity contribution in [1.29, 1.82) is 0 Å². The highest BCUT2D eigenvalue weighted by Gasteiger charge is 2.25. The summed E-state index contributed by atoms with van der Waals surface area (Å²) < 4.78 is 1.92. The van der Waals surface area contributed by atoms with Crippen LogP contribution in [0.1, 0.15) is 29.2 Å². The number of nitrogens with zero attached hydrogens (tertiary/aromatic N) is 3. The molecule has 0 amide bonds. The summed E-state index contributed by atoms with van der Waals surface area (Å²) in [5.41, 5.74) is 3.88. The van der Waals surface area contributed by atoms with Crippen molar-refractivity contribution in [3.8, 4) is 0 Å². The number of hydrogen-bond acceptors (Lipinski definition) is 3. The molecule has 1 N–H and O–H groups in total. The van der Waals surface area contributed by atoms with Gasteiger partial charge >= 0.3 is 0 Å². The lowest BCUT2D eigenvalue weighted by atomic mass is 9.78. The first-order valence-electron chi connectivity index (χ1n) is 6.44. The normalized spacial score (nSPS) is 17.3. The Morgan fingerprint density at radius 1 is 1.33 bits per heavy atom. The Morgan fingerprint density at radius 2 is 2.22 bits per heavy atom. The molecule has 1 aliphatic carbocycles. The molecule has 4 heteroatoms. The van der Waals surface area contributed by atoms with Crippen molar-refractivity contribution in [2.24, 2.45) is 0 Å². The van der Waals surface area contributed by atoms with Crippen molar-refractivity contribution in [3.63, 3.8) is 0 Å². The molecular weight excluding hydrogens is 226 g/mol. The van der Waals surface area contributed by atoms with Crippen LogP contribution in [0.3, 0.4) is 0 Å². The Balaban J connectivity index is 1.63. The number of aliphatic hydroxyl groups excluding tert-OH is 1. The van der Waals surface area contributed by atoms with Gasteiger partial charge in [0.1, 0.15) is 0 Å². The van der Waals surface area contributed by atoms with E-state index in [2.05, 4.69) is 34.6 Å². The Bertz CT molecular complexity index is 535. The van der Waals surface area contributed by atoms with E-state index in [1.54, 1.807) is 0 Å². The van der Waals surface area contributed by atoms with Crippen LogP contribution in [0.25, 0.3) is 0 Å². The molecule has 1 aromatic heterocycles. The third-order valence-electron chi connectivity index (χ3n) is 3.55. The van der Waals surface area contributed by atoms with Gasteiger partial charge < -0.3 is 5.11 Å². The number of rotatable bonds is 5. The van der Waals surface area contributed by atoms with E-state index in [0.717, 1.165) is 31.5 Å². The zero-order valence-electron chi connectivity index (χ0n) is 10.3. The number of aliphatic hydroxyl groups is 1. The molecule has 1 aromatic carbocycles. The number of hydrogen-bond donors (Lipinski definition) is 1. The number of aryl methyl sites for hydroxylation is 1. The van der Waals surface area contributed by atoms with Crippen LogP contribution in [0.4, 0.5) is 0 Å². The van der Waals surface area contributed by atoms with Crippen LogP contribution >= 0.6 is 0 Å². The second-order valence-electron chi connectivity index (χ2n) is 4.86. The summed E-state index contributed by atoms with van der Waals surface area (Å²) in [4.78, 5) is 0. The van der Waals surface area contributed by atoms with E-state index in [-0.39, 0.29) is 6.61 Å². The highest BCUT2D eigenvalue weighted by atomic mass is 16.2. The molecule has 1 heterocycles. The van der Waals surface area contributed by atoms with Crippen LogP contribution in [0.15, 0.2) is 30.5 Å². The van der Waals surface area contributed by atoms with Gasteiger partial charge in [-0.05, 0) is 30.4 Å². The molecule has 0 spiro atoms. The van der Waals surface area contributed by atoms with Crippen LogP contribution in [0.2, 0.25) is 0 Å². The highest BCUT2D eigenvalue weighted by Crippen LogP contribution is 2.35. The molecule has 94 valence electrons. The van der Waals surface area contributed by atoms with Gasteiger partial charge in [0.25, 0.3) is 0 Å². The first-order valence-corrected chi connectivity index (χ1v) is 6.44. The van der Waals surface area contributed by atoms with Crippen molar-refractivity contribution in [1.82, 2.24) is 15.0 Å². The van der Waals surface area contributed by atoms with E-state index >= 15 is 0 Å². The summed E-state index contributed by atoms with van der Waals surface area (Å²) in [6.07, 6.45) is 4.70.